The lowest BCUT2D eigenvalue weighted by atomic mass is 9.81. The first-order chi connectivity index (χ1) is 7.33. The van der Waals surface area contributed by atoms with Crippen LogP contribution in [0.5, 0.6) is 0 Å². The van der Waals surface area contributed by atoms with Crippen molar-refractivity contribution < 1.29 is 0 Å². The highest BCUT2D eigenvalue weighted by atomic mass is 15.2. The molecule has 1 N–H and O–H groups in total. The zero-order chi connectivity index (χ0) is 12.3. The van der Waals surface area contributed by atoms with Gasteiger partial charge in [0.15, 0.2) is 0 Å². The van der Waals surface area contributed by atoms with Gasteiger partial charge in [-0.05, 0) is 25.2 Å². The molecule has 1 rings (SSSR count). The Morgan fingerprint density at radius 2 is 1.75 bits per heavy atom. The number of rotatable bonds is 4. The van der Waals surface area contributed by atoms with Crippen molar-refractivity contribution in [3.05, 3.63) is 11.4 Å². The zero-order valence-corrected chi connectivity index (χ0v) is 11.1. The molecule has 1 aromatic rings. The van der Waals surface area contributed by atoms with E-state index in [1.165, 1.54) is 0 Å². The maximum absolute atomic E-state index is 4.35. The summed E-state index contributed by atoms with van der Waals surface area (Å²) >= 11 is 0. The Kier molecular flexibility index (Phi) is 3.83. The summed E-state index contributed by atoms with van der Waals surface area (Å²) in [5.41, 5.74) is 2.04. The molecule has 16 heavy (non-hydrogen) atoms. The van der Waals surface area contributed by atoms with Crippen molar-refractivity contribution in [3.8, 4) is 0 Å². The standard InChI is InChI=1S/C12H22N4/c1-8(2)12(5,6)7-13-11-14-9(3)10(4)15-16-11/h8H,7H2,1-6H3,(H,13,14,16). The predicted molar refractivity (Wildman–Crippen MR) is 66.4 cm³/mol. The Balaban J connectivity index is 2.65. The van der Waals surface area contributed by atoms with Crippen molar-refractivity contribution in [2.45, 2.75) is 41.5 Å². The molecule has 1 heterocycles. The van der Waals surface area contributed by atoms with Gasteiger partial charge in [-0.2, -0.15) is 5.10 Å². The summed E-state index contributed by atoms with van der Waals surface area (Å²) in [5.74, 6) is 1.23. The van der Waals surface area contributed by atoms with Crippen LogP contribution >= 0.6 is 0 Å². The minimum atomic E-state index is 0.224. The third-order valence-corrected chi connectivity index (χ3v) is 3.36. The van der Waals surface area contributed by atoms with E-state index in [2.05, 4.69) is 48.2 Å². The largest absolute Gasteiger partial charge is 0.352 e. The van der Waals surface area contributed by atoms with Crippen molar-refractivity contribution >= 4 is 5.95 Å². The molecule has 0 fully saturated rings. The molecule has 4 heteroatoms. The van der Waals surface area contributed by atoms with Crippen molar-refractivity contribution in [1.82, 2.24) is 15.2 Å². The summed E-state index contributed by atoms with van der Waals surface area (Å²) in [5, 5.41) is 11.3. The molecular formula is C12H22N4. The lowest BCUT2D eigenvalue weighted by Crippen LogP contribution is -2.29. The van der Waals surface area contributed by atoms with Crippen LogP contribution in [0.25, 0.3) is 0 Å². The van der Waals surface area contributed by atoms with Gasteiger partial charge in [-0.3, -0.25) is 0 Å². The molecule has 0 bridgehead atoms. The van der Waals surface area contributed by atoms with Crippen LogP contribution in [-0.2, 0) is 0 Å². The van der Waals surface area contributed by atoms with Crippen LogP contribution in [0.3, 0.4) is 0 Å². The molecule has 0 atom stereocenters. The lowest BCUT2D eigenvalue weighted by Gasteiger charge is -2.29. The number of aryl methyl sites for hydroxylation is 2. The van der Waals surface area contributed by atoms with Crippen molar-refractivity contribution in [2.24, 2.45) is 11.3 Å². The Labute approximate surface area is 97.9 Å². The van der Waals surface area contributed by atoms with Gasteiger partial charge in [0.05, 0.1) is 11.4 Å². The summed E-state index contributed by atoms with van der Waals surface area (Å²) < 4.78 is 0. The van der Waals surface area contributed by atoms with Crippen molar-refractivity contribution in [1.29, 1.82) is 0 Å². The monoisotopic (exact) mass is 222 g/mol. The first-order valence-electron chi connectivity index (χ1n) is 5.74. The van der Waals surface area contributed by atoms with E-state index in [0.717, 1.165) is 17.9 Å². The van der Waals surface area contributed by atoms with Crippen LogP contribution in [0.2, 0.25) is 0 Å². The van der Waals surface area contributed by atoms with E-state index >= 15 is 0 Å². The molecule has 0 amide bonds. The van der Waals surface area contributed by atoms with Gasteiger partial charge in [-0.25, -0.2) is 4.98 Å². The predicted octanol–water partition coefficient (Wildman–Crippen LogP) is 2.58. The zero-order valence-electron chi connectivity index (χ0n) is 11.1. The number of hydrogen-bond donors (Lipinski definition) is 1. The summed E-state index contributed by atoms with van der Waals surface area (Å²) in [6, 6.07) is 0. The fourth-order valence-electron chi connectivity index (χ4n) is 1.04. The van der Waals surface area contributed by atoms with Crippen LogP contribution in [0, 0.1) is 25.2 Å². The molecule has 0 aromatic carbocycles. The smallest absolute Gasteiger partial charge is 0.242 e. The minimum Gasteiger partial charge on any atom is -0.352 e. The highest BCUT2D eigenvalue weighted by Gasteiger charge is 2.22. The molecule has 0 aliphatic carbocycles. The molecule has 0 saturated carbocycles. The van der Waals surface area contributed by atoms with Gasteiger partial charge < -0.3 is 5.32 Å². The fourth-order valence-corrected chi connectivity index (χ4v) is 1.04. The van der Waals surface area contributed by atoms with Crippen molar-refractivity contribution in [3.63, 3.8) is 0 Å². The number of anilines is 1. The maximum Gasteiger partial charge on any atom is 0.242 e. The minimum absolute atomic E-state index is 0.224. The van der Waals surface area contributed by atoms with Crippen LogP contribution < -0.4 is 5.32 Å². The van der Waals surface area contributed by atoms with Crippen LogP contribution in [0.4, 0.5) is 5.95 Å². The maximum atomic E-state index is 4.35. The van der Waals surface area contributed by atoms with E-state index in [0.29, 0.717) is 11.9 Å². The average Bonchev–Trinajstić information content (AvgIpc) is 2.20. The average molecular weight is 222 g/mol. The van der Waals surface area contributed by atoms with Gasteiger partial charge in [0, 0.05) is 6.54 Å². The van der Waals surface area contributed by atoms with Crippen LogP contribution in [0.1, 0.15) is 39.1 Å². The molecule has 4 nitrogen and oxygen atoms in total. The molecule has 0 radical (unpaired) electrons. The number of nitrogens with one attached hydrogen (secondary N) is 1. The van der Waals surface area contributed by atoms with Gasteiger partial charge in [-0.15, -0.1) is 5.10 Å². The quantitative estimate of drug-likeness (QED) is 0.850. The topological polar surface area (TPSA) is 50.7 Å². The SMILES string of the molecule is Cc1nnc(NCC(C)(C)C(C)C)nc1C. The third-order valence-electron chi connectivity index (χ3n) is 3.36. The van der Waals surface area contributed by atoms with Gasteiger partial charge >= 0.3 is 0 Å². The van der Waals surface area contributed by atoms with E-state index < -0.39 is 0 Å². The molecule has 90 valence electrons. The molecule has 1 aromatic heterocycles. The Hall–Kier alpha value is -1.19. The van der Waals surface area contributed by atoms with Crippen LogP contribution in [0.15, 0.2) is 0 Å². The molecule has 0 spiro atoms. The van der Waals surface area contributed by atoms with Gasteiger partial charge in [0.25, 0.3) is 0 Å². The van der Waals surface area contributed by atoms with E-state index in [1.54, 1.807) is 0 Å². The summed E-state index contributed by atoms with van der Waals surface area (Å²) in [6.45, 7) is 13.6. The third kappa shape index (κ3) is 3.15. The van der Waals surface area contributed by atoms with E-state index in [-0.39, 0.29) is 5.41 Å². The molecular weight excluding hydrogens is 200 g/mol. The van der Waals surface area contributed by atoms with Crippen molar-refractivity contribution in [2.75, 3.05) is 11.9 Å². The van der Waals surface area contributed by atoms with Gasteiger partial charge in [-0.1, -0.05) is 27.7 Å². The lowest BCUT2D eigenvalue weighted by molar-refractivity contribution is 0.269. The second kappa shape index (κ2) is 4.76. The Bertz CT molecular complexity index is 358. The van der Waals surface area contributed by atoms with E-state index in [9.17, 15) is 0 Å². The summed E-state index contributed by atoms with van der Waals surface area (Å²) in [6.07, 6.45) is 0. The second-order valence-electron chi connectivity index (χ2n) is 5.30. The second-order valence-corrected chi connectivity index (χ2v) is 5.30. The number of aromatic nitrogens is 3. The van der Waals surface area contributed by atoms with Gasteiger partial charge in [0.2, 0.25) is 5.95 Å². The normalized spacial score (nSPS) is 11.9. The number of hydrogen-bond acceptors (Lipinski definition) is 4. The van der Waals surface area contributed by atoms with Gasteiger partial charge in [0.1, 0.15) is 0 Å². The van der Waals surface area contributed by atoms with E-state index in [4.69, 9.17) is 0 Å². The number of nitrogens with zero attached hydrogens (tertiary/aromatic N) is 3. The van der Waals surface area contributed by atoms with Crippen LogP contribution in [-0.4, -0.2) is 21.7 Å². The fraction of sp³-hybridized carbons (Fsp3) is 0.750. The Morgan fingerprint density at radius 3 is 2.25 bits per heavy atom. The first kappa shape index (κ1) is 12.9. The first-order valence-corrected chi connectivity index (χ1v) is 5.74. The summed E-state index contributed by atoms with van der Waals surface area (Å²) in [7, 11) is 0. The summed E-state index contributed by atoms with van der Waals surface area (Å²) in [4.78, 5) is 4.35. The Morgan fingerprint density at radius 1 is 1.12 bits per heavy atom. The molecule has 0 aliphatic rings. The highest BCUT2D eigenvalue weighted by Crippen LogP contribution is 2.25. The molecule has 0 saturated heterocycles. The molecule has 0 unspecified atom stereocenters. The van der Waals surface area contributed by atoms with E-state index in [1.807, 2.05) is 13.8 Å². The molecule has 0 aliphatic heterocycles. The highest BCUT2D eigenvalue weighted by molar-refractivity contribution is 5.25.